The van der Waals surface area contributed by atoms with Crippen molar-refractivity contribution in [2.45, 2.75) is 150 Å². The maximum Gasteiger partial charge on any atom is 0.520 e. The number of aliphatic imine (C=N–C) groups is 3. The number of aromatic nitrogens is 3. The fourth-order valence-corrected chi connectivity index (χ4v) is 16.6. The summed E-state index contributed by atoms with van der Waals surface area (Å²) >= 11 is 0. The molecule has 16 heteroatoms. The zero-order chi connectivity index (χ0) is 79.4. The van der Waals surface area contributed by atoms with E-state index in [1.54, 1.807) is 49.4 Å². The van der Waals surface area contributed by atoms with Crippen LogP contribution in [0.15, 0.2) is 285 Å². The van der Waals surface area contributed by atoms with E-state index >= 15 is 0 Å². The van der Waals surface area contributed by atoms with E-state index in [0.717, 1.165) is 99.3 Å². The van der Waals surface area contributed by atoms with Crippen molar-refractivity contribution in [3.63, 3.8) is 0 Å². The lowest BCUT2D eigenvalue weighted by molar-refractivity contribution is -0.146. The summed E-state index contributed by atoms with van der Waals surface area (Å²) in [5.74, 6) is 1.22. The molecule has 0 aliphatic heterocycles. The fourth-order valence-electron chi connectivity index (χ4n) is 16.6. The van der Waals surface area contributed by atoms with Gasteiger partial charge in [-0.2, -0.15) is 0 Å². The molecule has 3 aromatic heterocycles. The van der Waals surface area contributed by atoms with Crippen LogP contribution in [0.25, 0.3) is 11.1 Å². The lowest BCUT2D eigenvalue weighted by Crippen LogP contribution is -2.40. The van der Waals surface area contributed by atoms with Crippen LogP contribution in [0.1, 0.15) is 163 Å². The Morgan fingerprint density at radius 1 is 0.416 bits per heavy atom. The van der Waals surface area contributed by atoms with E-state index in [-0.39, 0.29) is 60.3 Å². The number of fused-ring (bicyclic) bond motifs is 12. The van der Waals surface area contributed by atoms with Gasteiger partial charge in [-0.1, -0.05) is 219 Å². The predicted octanol–water partition coefficient (Wildman–Crippen LogP) is 21.3. The summed E-state index contributed by atoms with van der Waals surface area (Å²) < 4.78 is 32.0. The summed E-state index contributed by atoms with van der Waals surface area (Å²) in [5, 5.41) is 0. The van der Waals surface area contributed by atoms with Crippen LogP contribution in [0.3, 0.4) is 0 Å². The molecule has 3 heterocycles. The highest BCUT2D eigenvalue weighted by molar-refractivity contribution is 5.84. The minimum Gasteiger partial charge on any atom is -0.466 e. The largest absolute Gasteiger partial charge is 0.520 e. The third-order valence-corrected chi connectivity index (χ3v) is 21.5. The minimum atomic E-state index is -0.807. The normalized spacial score (nSPS) is 21.4. The number of pyridine rings is 3. The molecular formula is C97H96N6O10. The van der Waals surface area contributed by atoms with Crippen molar-refractivity contribution >= 4 is 42.9 Å². The van der Waals surface area contributed by atoms with Crippen molar-refractivity contribution in [1.29, 1.82) is 0 Å². The van der Waals surface area contributed by atoms with Gasteiger partial charge in [0.15, 0.2) is 0 Å². The molecular weight excluding hydrogens is 1410 g/mol. The molecule has 0 saturated carbocycles. The first-order valence-electron chi connectivity index (χ1n) is 38.8. The Balaban J connectivity index is 0.000000148. The van der Waals surface area contributed by atoms with Gasteiger partial charge in [-0.25, -0.2) is 24.5 Å². The van der Waals surface area contributed by atoms with Crippen molar-refractivity contribution in [2.24, 2.45) is 32.7 Å². The van der Waals surface area contributed by atoms with Gasteiger partial charge in [0, 0.05) is 110 Å². The Hall–Kier alpha value is -12.3. The molecule has 0 amide bonds. The molecule has 15 rings (SSSR count). The number of rotatable bonds is 16. The van der Waals surface area contributed by atoms with E-state index in [9.17, 15) is 19.2 Å². The van der Waals surface area contributed by atoms with Crippen LogP contribution in [0.4, 0.5) is 9.59 Å². The number of aryl methyl sites for hydroxylation is 1. The van der Waals surface area contributed by atoms with Crippen LogP contribution in [0.2, 0.25) is 0 Å². The first-order chi connectivity index (χ1) is 54.6. The Morgan fingerprint density at radius 3 is 1.15 bits per heavy atom. The molecule has 0 fully saturated rings. The fraction of sp³-hybridized carbons (Fsp3) is 0.278. The topological polar surface area (TPSA) is 199 Å². The molecule has 6 aliphatic rings. The van der Waals surface area contributed by atoms with E-state index in [0.29, 0.717) is 17.9 Å². The van der Waals surface area contributed by atoms with Crippen LogP contribution in [0, 0.1) is 24.7 Å². The number of hydrogen-bond donors (Lipinski definition) is 0. The number of carbonyl (C=O) groups is 4. The second kappa shape index (κ2) is 34.5. The maximum atomic E-state index is 12.6. The summed E-state index contributed by atoms with van der Waals surface area (Å²) in [6.07, 6.45) is 22.2. The quantitative estimate of drug-likeness (QED) is 0.0383. The van der Waals surface area contributed by atoms with Crippen molar-refractivity contribution < 1.29 is 47.6 Å². The van der Waals surface area contributed by atoms with Crippen LogP contribution in [0.5, 0.6) is 29.1 Å². The molecule has 574 valence electrons. The van der Waals surface area contributed by atoms with Gasteiger partial charge in [0.25, 0.3) is 0 Å². The first kappa shape index (κ1) is 78.8. The summed E-state index contributed by atoms with van der Waals surface area (Å²) in [5.41, 5.74) is 19.7. The van der Waals surface area contributed by atoms with E-state index in [1.165, 1.54) is 39.0 Å². The van der Waals surface area contributed by atoms with Gasteiger partial charge in [-0.3, -0.25) is 24.6 Å². The number of benzene rings is 6. The number of carbonyl (C=O) groups excluding carboxylic acids is 4. The lowest BCUT2D eigenvalue weighted by atomic mass is 9.63. The monoisotopic (exact) mass is 1500 g/mol. The van der Waals surface area contributed by atoms with Crippen LogP contribution < -0.4 is 23.7 Å². The molecule has 6 bridgehead atoms. The number of allylic oxidation sites excluding steroid dienone is 6. The first-order valence-corrected chi connectivity index (χ1v) is 38.8. The van der Waals surface area contributed by atoms with Gasteiger partial charge in [-0.05, 0) is 153 Å². The molecule has 0 N–H and O–H groups in total. The zero-order valence-corrected chi connectivity index (χ0v) is 66.1. The smallest absolute Gasteiger partial charge is 0.466 e. The Kier molecular flexibility index (Phi) is 24.1. The summed E-state index contributed by atoms with van der Waals surface area (Å²) in [7, 11) is 0. The predicted molar refractivity (Wildman–Crippen MR) is 444 cm³/mol. The third kappa shape index (κ3) is 18.0. The molecule has 0 saturated heterocycles. The van der Waals surface area contributed by atoms with Crippen LogP contribution in [-0.2, 0) is 55.6 Å². The van der Waals surface area contributed by atoms with Crippen LogP contribution >= 0.6 is 0 Å². The molecule has 0 radical (unpaired) electrons. The molecule has 9 aromatic rings. The van der Waals surface area contributed by atoms with E-state index < -0.39 is 40.9 Å². The van der Waals surface area contributed by atoms with Crippen molar-refractivity contribution in [3.05, 3.63) is 332 Å². The Bertz CT molecular complexity index is 5310. The number of hydrogen-bond acceptors (Lipinski definition) is 16. The average Bonchev–Trinajstić information content (AvgIpc) is 0.735. The third-order valence-electron chi connectivity index (χ3n) is 21.5. The molecule has 6 unspecified atom stereocenters. The van der Waals surface area contributed by atoms with Gasteiger partial charge in [0.1, 0.15) is 28.1 Å². The Labute approximate surface area is 662 Å². The van der Waals surface area contributed by atoms with E-state index in [4.69, 9.17) is 58.4 Å². The van der Waals surface area contributed by atoms with Crippen LogP contribution in [-0.4, -0.2) is 64.5 Å². The van der Waals surface area contributed by atoms with Gasteiger partial charge < -0.3 is 28.4 Å². The molecule has 6 atom stereocenters. The second-order valence-electron chi connectivity index (χ2n) is 30.6. The van der Waals surface area contributed by atoms with Gasteiger partial charge in [-0.15, -0.1) is 0 Å². The summed E-state index contributed by atoms with van der Waals surface area (Å²) in [6, 6.07) is 65.0. The second-order valence-corrected chi connectivity index (χ2v) is 30.6. The molecule has 16 nitrogen and oxygen atoms in total. The SMILES string of the molecule is C/C=C1\C2C=C(C)CC1(N=Cc1ccc(-c3ccccc3)cc1)c1ccc(OC(=O)CCC(=O)OCC)nc1C2.C/C=C1\C2C=C(C)CC1(N=Cc1ccccc1)c1ccc(OC(=O)Oc3ccc(C(C)(C)C)cc3)nc1C2.C/C=C1\C2C=C(C)CC1(N=Cc1ccccc1)c1ccc(OC(=O)Oc3ccc(C)cc3)nc1C2. The number of ether oxygens (including phenoxy) is 6. The highest BCUT2D eigenvalue weighted by Crippen LogP contribution is 2.56. The van der Waals surface area contributed by atoms with Gasteiger partial charge in [0.2, 0.25) is 17.6 Å². The van der Waals surface area contributed by atoms with E-state index in [2.05, 4.69) is 159 Å². The van der Waals surface area contributed by atoms with Gasteiger partial charge >= 0.3 is 24.2 Å². The number of nitrogens with zero attached hydrogens (tertiary/aromatic N) is 6. The maximum absolute atomic E-state index is 12.6. The highest BCUT2D eigenvalue weighted by atomic mass is 16.7. The highest BCUT2D eigenvalue weighted by Gasteiger charge is 2.50. The van der Waals surface area contributed by atoms with Crippen molar-refractivity contribution in [1.82, 2.24) is 15.0 Å². The zero-order valence-electron chi connectivity index (χ0n) is 66.1. The van der Waals surface area contributed by atoms with E-state index in [1.807, 2.05) is 123 Å². The van der Waals surface area contributed by atoms with Gasteiger partial charge in [0.05, 0.1) is 36.5 Å². The molecule has 6 aliphatic carbocycles. The molecule has 6 aromatic carbocycles. The summed E-state index contributed by atoms with van der Waals surface area (Å²) in [6.45, 7) is 23.2. The number of esters is 2. The standard InChI is InChI=1S/C34H34N2O4.C33H34N2O3.C30H28N2O3/c1-4-28-27-19-23(3)21-34(28,35-22-24-11-13-26(14-12-24)25-9-7-6-8-10-25)29-15-16-31(36-30(29)20-27)40-33(38)18-17-32(37)39-5-2;1-6-27-24-18-22(2)20-33(27,34-21-23-10-8-7-9-11-23)28-16-17-30(35-29(28)19-24)38-31(36)37-26-14-12-25(13-15-26)32(3,4)5;1-4-25-23-16-21(3)18-30(25,31-19-22-8-6-5-7-9-22)26-14-15-28(32-27(26)17-23)35-29(33)34-24-12-10-20(2)11-13-24/h4,6-16,19,22,27H,5,17-18,20-21H2,1-3H3;6-18,21,24H,19-20H2,1-5H3;4-16,19,23H,17-18H2,1-3H3/b28-4+,35-22?;27-6+,34-21?;25-4+,31-19?. The average molecular weight is 1510 g/mol. The molecule has 0 spiro atoms. The summed E-state index contributed by atoms with van der Waals surface area (Å²) in [4.78, 5) is 78.8. The minimum absolute atomic E-state index is 0.0153. The molecule has 113 heavy (non-hydrogen) atoms. The lowest BCUT2D eigenvalue weighted by Gasteiger charge is -2.45. The van der Waals surface area contributed by atoms with Crippen molar-refractivity contribution in [2.75, 3.05) is 6.61 Å². The Morgan fingerprint density at radius 2 is 0.770 bits per heavy atom. The van der Waals surface area contributed by atoms with Crippen molar-refractivity contribution in [3.8, 4) is 40.3 Å².